The third-order valence-corrected chi connectivity index (χ3v) is 7.70. The fourth-order valence-corrected chi connectivity index (χ4v) is 5.24. The Morgan fingerprint density at radius 3 is 2.49 bits per heavy atom. The fourth-order valence-electron chi connectivity index (χ4n) is 5.24. The van der Waals surface area contributed by atoms with Crippen LogP contribution in [0, 0.1) is 18.6 Å². The minimum absolute atomic E-state index is 0.180. The van der Waals surface area contributed by atoms with E-state index in [2.05, 4.69) is 20.6 Å². The van der Waals surface area contributed by atoms with Gasteiger partial charge in [-0.2, -0.15) is 10.2 Å². The van der Waals surface area contributed by atoms with E-state index in [0.29, 0.717) is 47.2 Å². The smallest absolute Gasteiger partial charge is 0.320 e. The molecule has 2 amide bonds. The largest absolute Gasteiger partial charge is 0.378 e. The monoisotopic (exact) mass is 590 g/mol. The number of urea groups is 1. The molecule has 4 aromatic rings. The number of ether oxygens (including phenoxy) is 1. The number of hydrogen-bond acceptors (Lipinski definition) is 8. The van der Waals surface area contributed by atoms with Crippen molar-refractivity contribution in [2.75, 3.05) is 43.5 Å². The quantitative estimate of drug-likeness (QED) is 0.314. The second-order valence-corrected chi connectivity index (χ2v) is 10.5. The van der Waals surface area contributed by atoms with E-state index in [4.69, 9.17) is 14.7 Å². The molecule has 6 rings (SSSR count). The maximum Gasteiger partial charge on any atom is 0.320 e. The Kier molecular flexibility index (Phi) is 8.02. The van der Waals surface area contributed by atoms with Crippen LogP contribution in [0.5, 0.6) is 0 Å². The van der Waals surface area contributed by atoms with Gasteiger partial charge < -0.3 is 15.0 Å². The summed E-state index contributed by atoms with van der Waals surface area (Å²) in [7, 11) is 1.69. The second kappa shape index (κ2) is 12.0. The van der Waals surface area contributed by atoms with Crippen LogP contribution in [0.1, 0.15) is 24.2 Å². The van der Waals surface area contributed by atoms with E-state index in [9.17, 15) is 13.6 Å². The number of aromatic nitrogens is 4. The maximum atomic E-state index is 14.0. The number of rotatable bonds is 8. The number of amides is 2. The molecule has 0 saturated carbocycles. The molecule has 11 nitrogen and oxygen atoms in total. The molecule has 0 aliphatic carbocycles. The van der Waals surface area contributed by atoms with E-state index in [1.165, 1.54) is 6.07 Å². The molecule has 4 heterocycles. The zero-order chi connectivity index (χ0) is 30.1. The molecule has 0 radical (unpaired) electrons. The predicted molar refractivity (Wildman–Crippen MR) is 156 cm³/mol. The fraction of sp³-hybridized carbons (Fsp3) is 0.333. The van der Waals surface area contributed by atoms with Gasteiger partial charge in [-0.3, -0.25) is 10.2 Å². The van der Waals surface area contributed by atoms with Gasteiger partial charge in [-0.15, -0.1) is 0 Å². The molecule has 0 unspecified atom stereocenters. The first-order chi connectivity index (χ1) is 20.8. The number of benzene rings is 2. The highest BCUT2D eigenvalue weighted by atomic mass is 19.2. The topological polar surface area (TPSA) is 110 Å². The van der Waals surface area contributed by atoms with E-state index in [1.54, 1.807) is 29.2 Å². The summed E-state index contributed by atoms with van der Waals surface area (Å²) in [4.78, 5) is 30.5. The van der Waals surface area contributed by atoms with Gasteiger partial charge in [0.25, 0.3) is 0 Å². The lowest BCUT2D eigenvalue weighted by Crippen LogP contribution is -2.52. The number of methoxy groups -OCH3 is 1. The van der Waals surface area contributed by atoms with Crippen molar-refractivity contribution in [3.63, 3.8) is 0 Å². The second-order valence-electron chi connectivity index (χ2n) is 10.5. The first kappa shape index (κ1) is 28.6. The molecular formula is C30H32F2N8O3. The molecular weight excluding hydrogens is 558 g/mol. The van der Waals surface area contributed by atoms with Gasteiger partial charge in [0.1, 0.15) is 17.6 Å². The highest BCUT2D eigenvalue weighted by Gasteiger charge is 2.36. The SMILES string of the molecule is CCN1C[C@@H](NC(=O)Nc2c(C)c(-c3cnc(N4CC(OC)C4)nc3)nn2-c2ccccc2)[C@H](c2ccc(F)c(F)c2)O1. The Bertz CT molecular complexity index is 1600. The Morgan fingerprint density at radius 2 is 1.81 bits per heavy atom. The normalized spacial score (nSPS) is 19.0. The van der Waals surface area contributed by atoms with Crippen LogP contribution in [0.2, 0.25) is 0 Å². The summed E-state index contributed by atoms with van der Waals surface area (Å²) in [5.74, 6) is -0.846. The number of likely N-dealkylation sites (N-methyl/N-ethyl adjacent to an activating group) is 1. The highest BCUT2D eigenvalue weighted by molar-refractivity contribution is 5.91. The minimum atomic E-state index is -0.977. The summed E-state index contributed by atoms with van der Waals surface area (Å²) in [6, 6.07) is 12.0. The lowest BCUT2D eigenvalue weighted by atomic mass is 10.0. The van der Waals surface area contributed by atoms with Crippen LogP contribution in [0.15, 0.2) is 60.9 Å². The molecule has 13 heteroatoms. The molecule has 2 aromatic heterocycles. The highest BCUT2D eigenvalue weighted by Crippen LogP contribution is 2.32. The Morgan fingerprint density at radius 1 is 1.07 bits per heavy atom. The van der Waals surface area contributed by atoms with Gasteiger partial charge in [-0.05, 0) is 36.8 Å². The van der Waals surface area contributed by atoms with Crippen LogP contribution in [0.3, 0.4) is 0 Å². The zero-order valence-corrected chi connectivity index (χ0v) is 24.0. The third-order valence-electron chi connectivity index (χ3n) is 7.70. The summed E-state index contributed by atoms with van der Waals surface area (Å²) in [6.07, 6.45) is 2.93. The van der Waals surface area contributed by atoms with Crippen molar-refractivity contribution in [3.8, 4) is 16.9 Å². The molecule has 2 saturated heterocycles. The molecule has 0 spiro atoms. The summed E-state index contributed by atoms with van der Waals surface area (Å²) in [5.41, 5.74) is 3.20. The number of para-hydroxylation sites is 1. The van der Waals surface area contributed by atoms with Crippen molar-refractivity contribution in [2.24, 2.45) is 0 Å². The Balaban J connectivity index is 1.25. The number of hydroxylamine groups is 2. The standard InChI is InChI=1S/C30H32F2N8O3/c1-4-39-17-25(27(43-39)19-10-11-23(31)24(32)12-19)35-30(41)36-28-18(2)26(37-40(28)21-8-6-5-7-9-21)20-13-33-29(34-14-20)38-15-22(16-38)42-3/h5-14,22,25,27H,4,15-17H2,1-3H3,(H2,35,36,41)/t25-,27+/m1/s1. The molecule has 2 fully saturated rings. The van der Waals surface area contributed by atoms with E-state index < -0.39 is 29.8 Å². The van der Waals surface area contributed by atoms with Crippen LogP contribution in [0.4, 0.5) is 25.3 Å². The average Bonchev–Trinajstić information content (AvgIpc) is 3.55. The van der Waals surface area contributed by atoms with E-state index >= 15 is 0 Å². The van der Waals surface area contributed by atoms with E-state index in [-0.39, 0.29) is 6.10 Å². The summed E-state index contributed by atoms with van der Waals surface area (Å²) in [5, 5.41) is 12.4. The van der Waals surface area contributed by atoms with Gasteiger partial charge in [0, 0.05) is 56.8 Å². The van der Waals surface area contributed by atoms with Gasteiger partial charge in [-0.1, -0.05) is 31.2 Å². The average molecular weight is 591 g/mol. The summed E-state index contributed by atoms with van der Waals surface area (Å²) >= 11 is 0. The number of hydrogen-bond donors (Lipinski definition) is 2. The van der Waals surface area contributed by atoms with Crippen LogP contribution >= 0.6 is 0 Å². The van der Waals surface area contributed by atoms with Gasteiger partial charge in [-0.25, -0.2) is 28.2 Å². The van der Waals surface area contributed by atoms with Crippen LogP contribution in [0.25, 0.3) is 16.9 Å². The lowest BCUT2D eigenvalue weighted by molar-refractivity contribution is -0.144. The number of nitrogens with one attached hydrogen (secondary N) is 2. The van der Waals surface area contributed by atoms with E-state index in [0.717, 1.165) is 30.9 Å². The van der Waals surface area contributed by atoms with Crippen LogP contribution in [-0.2, 0) is 9.57 Å². The van der Waals surface area contributed by atoms with Crippen molar-refractivity contribution < 1.29 is 23.1 Å². The van der Waals surface area contributed by atoms with Gasteiger partial charge in [0.05, 0.1) is 17.8 Å². The number of nitrogens with zero attached hydrogens (tertiary/aromatic N) is 6. The molecule has 2 atom stereocenters. The maximum absolute atomic E-state index is 14.0. The number of anilines is 2. The van der Waals surface area contributed by atoms with Crippen molar-refractivity contribution in [3.05, 3.63) is 83.7 Å². The summed E-state index contributed by atoms with van der Waals surface area (Å²) in [6.45, 7) is 6.16. The summed E-state index contributed by atoms with van der Waals surface area (Å²) < 4.78 is 34.6. The Labute approximate surface area is 247 Å². The predicted octanol–water partition coefficient (Wildman–Crippen LogP) is 4.25. The lowest BCUT2D eigenvalue weighted by Gasteiger charge is -2.37. The van der Waals surface area contributed by atoms with Crippen molar-refractivity contribution in [1.29, 1.82) is 0 Å². The first-order valence-electron chi connectivity index (χ1n) is 14.0. The Hall–Kier alpha value is -4.46. The first-order valence-corrected chi connectivity index (χ1v) is 14.0. The minimum Gasteiger partial charge on any atom is -0.378 e. The number of carbonyl (C=O) groups is 1. The van der Waals surface area contributed by atoms with Gasteiger partial charge >= 0.3 is 6.03 Å². The molecule has 43 heavy (non-hydrogen) atoms. The van der Waals surface area contributed by atoms with Gasteiger partial charge in [0.15, 0.2) is 11.6 Å². The van der Waals surface area contributed by atoms with Crippen molar-refractivity contribution in [1.82, 2.24) is 30.1 Å². The van der Waals surface area contributed by atoms with Gasteiger partial charge in [0.2, 0.25) is 5.95 Å². The number of carbonyl (C=O) groups excluding carboxylic acids is 1. The third kappa shape index (κ3) is 5.78. The zero-order valence-electron chi connectivity index (χ0n) is 24.0. The molecule has 0 bridgehead atoms. The molecule has 224 valence electrons. The molecule has 2 aromatic carbocycles. The van der Waals surface area contributed by atoms with Crippen molar-refractivity contribution in [2.45, 2.75) is 32.1 Å². The molecule has 2 aliphatic rings. The number of halogens is 2. The van der Waals surface area contributed by atoms with Crippen molar-refractivity contribution >= 4 is 17.8 Å². The van der Waals surface area contributed by atoms with E-state index in [1.807, 2.05) is 49.1 Å². The molecule has 2 N–H and O–H groups in total. The van der Waals surface area contributed by atoms with Crippen LogP contribution in [-0.4, -0.2) is 76.3 Å². The molecule has 2 aliphatic heterocycles. The van der Waals surface area contributed by atoms with Crippen LogP contribution < -0.4 is 15.5 Å².